The van der Waals surface area contributed by atoms with Crippen LogP contribution in [0.3, 0.4) is 0 Å². The second-order valence-electron chi connectivity index (χ2n) is 9.30. The van der Waals surface area contributed by atoms with Crippen LogP contribution in [0.4, 0.5) is 5.69 Å². The largest absolute Gasteiger partial charge is 0.347 e. The minimum absolute atomic E-state index is 0.164. The predicted octanol–water partition coefficient (Wildman–Crippen LogP) is 3.01. The molecule has 1 amide bonds. The molecule has 148 valence electrons. The molecule has 0 unspecified atom stereocenters. The first kappa shape index (κ1) is 18.8. The lowest BCUT2D eigenvalue weighted by molar-refractivity contribution is -0.127. The summed E-state index contributed by atoms with van der Waals surface area (Å²) < 4.78 is 25.7. The molecule has 1 aromatic carbocycles. The van der Waals surface area contributed by atoms with E-state index < -0.39 is 10.0 Å². The molecule has 0 aromatic heterocycles. The number of nitrogens with zero attached hydrogens (tertiary/aromatic N) is 2. The van der Waals surface area contributed by atoms with E-state index in [1.54, 1.807) is 14.1 Å². The highest BCUT2D eigenvalue weighted by Crippen LogP contribution is 2.60. The molecule has 0 heterocycles. The number of anilines is 1. The zero-order valence-corrected chi connectivity index (χ0v) is 17.3. The van der Waals surface area contributed by atoms with Gasteiger partial charge in [0.25, 0.3) is 0 Å². The number of hydrogen-bond donors (Lipinski definition) is 0. The molecule has 6 heteroatoms. The first-order valence-corrected chi connectivity index (χ1v) is 11.8. The molecule has 4 bridgehead atoms. The van der Waals surface area contributed by atoms with Gasteiger partial charge in [0, 0.05) is 14.1 Å². The Morgan fingerprint density at radius 2 is 1.48 bits per heavy atom. The quantitative estimate of drug-likeness (QED) is 0.777. The van der Waals surface area contributed by atoms with Crippen molar-refractivity contribution in [2.24, 2.45) is 17.8 Å². The monoisotopic (exact) mass is 390 g/mol. The summed E-state index contributed by atoms with van der Waals surface area (Å²) in [6, 6.07) is 8.00. The highest BCUT2D eigenvalue weighted by Gasteiger charge is 2.51. The summed E-state index contributed by atoms with van der Waals surface area (Å²) in [5.74, 6) is 2.40. The Morgan fingerprint density at radius 1 is 1.00 bits per heavy atom. The Labute approximate surface area is 162 Å². The van der Waals surface area contributed by atoms with Gasteiger partial charge in [-0.3, -0.25) is 9.10 Å². The number of sulfonamides is 1. The lowest BCUT2D eigenvalue weighted by atomic mass is 9.48. The molecular weight excluding hydrogens is 360 g/mol. The molecule has 1 aromatic rings. The van der Waals surface area contributed by atoms with Crippen molar-refractivity contribution in [3.63, 3.8) is 0 Å². The van der Waals surface area contributed by atoms with Gasteiger partial charge in [-0.15, -0.1) is 0 Å². The minimum Gasteiger partial charge on any atom is -0.347 e. The standard InChI is InChI=1S/C21H30N2O3S/c1-22(2)20(24)14-23(27(3,25)26)19-6-4-18(5-7-19)21-11-15-8-16(12-21)10-17(9-15)13-21/h4-7,15-17H,8-14H2,1-3H3. The van der Waals surface area contributed by atoms with Crippen molar-refractivity contribution in [2.75, 3.05) is 31.2 Å². The third kappa shape index (κ3) is 3.48. The molecule has 0 N–H and O–H groups in total. The molecule has 0 aliphatic heterocycles. The van der Waals surface area contributed by atoms with Crippen LogP contribution in [-0.4, -0.2) is 46.1 Å². The van der Waals surface area contributed by atoms with Crippen molar-refractivity contribution < 1.29 is 13.2 Å². The van der Waals surface area contributed by atoms with E-state index in [9.17, 15) is 13.2 Å². The normalized spacial score (nSPS) is 31.7. The van der Waals surface area contributed by atoms with E-state index in [0.717, 1.165) is 24.0 Å². The zero-order valence-electron chi connectivity index (χ0n) is 16.5. The van der Waals surface area contributed by atoms with E-state index in [1.165, 1.54) is 53.3 Å². The number of benzene rings is 1. The second-order valence-corrected chi connectivity index (χ2v) is 11.2. The highest BCUT2D eigenvalue weighted by atomic mass is 32.2. The van der Waals surface area contributed by atoms with Gasteiger partial charge in [0.2, 0.25) is 15.9 Å². The number of carbonyl (C=O) groups excluding carboxylic acids is 1. The number of likely N-dealkylation sites (N-methyl/N-ethyl adjacent to an activating group) is 1. The van der Waals surface area contributed by atoms with Crippen LogP contribution >= 0.6 is 0 Å². The third-order valence-corrected chi connectivity index (χ3v) is 8.12. The van der Waals surface area contributed by atoms with Crippen LogP contribution in [0.2, 0.25) is 0 Å². The van der Waals surface area contributed by atoms with Crippen molar-refractivity contribution in [2.45, 2.75) is 43.9 Å². The van der Waals surface area contributed by atoms with Crippen LogP contribution in [0.1, 0.15) is 44.1 Å². The number of rotatable bonds is 5. The van der Waals surface area contributed by atoms with Crippen molar-refractivity contribution in [1.29, 1.82) is 0 Å². The lowest BCUT2D eigenvalue weighted by Crippen LogP contribution is -2.48. The highest BCUT2D eigenvalue weighted by molar-refractivity contribution is 7.92. The maximum absolute atomic E-state index is 12.3. The SMILES string of the molecule is CN(C)C(=O)CN(c1ccc(C23CC4CC(CC(C4)C2)C3)cc1)S(C)(=O)=O. The van der Waals surface area contributed by atoms with Crippen LogP contribution in [0.5, 0.6) is 0 Å². The summed E-state index contributed by atoms with van der Waals surface area (Å²) in [6.45, 7) is -0.164. The smallest absolute Gasteiger partial charge is 0.242 e. The molecule has 0 atom stereocenters. The van der Waals surface area contributed by atoms with E-state index in [-0.39, 0.29) is 12.5 Å². The molecule has 0 radical (unpaired) electrons. The van der Waals surface area contributed by atoms with Gasteiger partial charge in [0.1, 0.15) is 6.54 Å². The van der Waals surface area contributed by atoms with Crippen molar-refractivity contribution in [1.82, 2.24) is 4.90 Å². The summed E-state index contributed by atoms with van der Waals surface area (Å²) in [6.07, 6.45) is 9.24. The average Bonchev–Trinajstić information content (AvgIpc) is 2.57. The maximum atomic E-state index is 12.3. The summed E-state index contributed by atoms with van der Waals surface area (Å²) in [5, 5.41) is 0. The molecule has 5 nitrogen and oxygen atoms in total. The van der Waals surface area contributed by atoms with Crippen molar-refractivity contribution in [3.8, 4) is 0 Å². The average molecular weight is 391 g/mol. The van der Waals surface area contributed by atoms with E-state index in [4.69, 9.17) is 0 Å². The Kier molecular flexibility index (Phi) is 4.53. The second kappa shape index (κ2) is 6.50. The Hall–Kier alpha value is -1.56. The molecule has 4 aliphatic rings. The fourth-order valence-corrected chi connectivity index (χ4v) is 6.96. The van der Waals surface area contributed by atoms with Crippen molar-refractivity contribution in [3.05, 3.63) is 29.8 Å². The van der Waals surface area contributed by atoms with E-state index in [0.29, 0.717) is 11.1 Å². The lowest BCUT2D eigenvalue weighted by Gasteiger charge is -2.57. The Bertz CT molecular complexity index is 794. The van der Waals surface area contributed by atoms with Gasteiger partial charge in [-0.2, -0.15) is 0 Å². The fraction of sp³-hybridized carbons (Fsp3) is 0.667. The Morgan fingerprint density at radius 3 is 1.89 bits per heavy atom. The molecule has 5 rings (SSSR count). The van der Waals surface area contributed by atoms with Gasteiger partial charge in [-0.05, 0) is 79.4 Å². The van der Waals surface area contributed by atoms with E-state index >= 15 is 0 Å². The van der Waals surface area contributed by atoms with Gasteiger partial charge in [0.15, 0.2) is 0 Å². The van der Waals surface area contributed by atoms with Gasteiger partial charge in [0.05, 0.1) is 11.9 Å². The van der Waals surface area contributed by atoms with Crippen LogP contribution < -0.4 is 4.31 Å². The molecule has 4 aliphatic carbocycles. The van der Waals surface area contributed by atoms with E-state index in [2.05, 4.69) is 12.1 Å². The summed E-state index contributed by atoms with van der Waals surface area (Å²) in [7, 11) is -0.243. The first-order valence-electron chi connectivity index (χ1n) is 9.95. The number of amides is 1. The fourth-order valence-electron chi connectivity index (χ4n) is 6.11. The molecule has 4 fully saturated rings. The Balaban J connectivity index is 1.60. The van der Waals surface area contributed by atoms with Gasteiger partial charge in [-0.1, -0.05) is 12.1 Å². The van der Waals surface area contributed by atoms with Gasteiger partial charge < -0.3 is 4.90 Å². The van der Waals surface area contributed by atoms with Crippen LogP contribution in [0.15, 0.2) is 24.3 Å². The van der Waals surface area contributed by atoms with Crippen molar-refractivity contribution >= 4 is 21.6 Å². The molecule has 27 heavy (non-hydrogen) atoms. The van der Waals surface area contributed by atoms with E-state index in [1.807, 2.05) is 12.1 Å². The number of carbonyl (C=O) groups is 1. The van der Waals surface area contributed by atoms with Gasteiger partial charge in [-0.25, -0.2) is 8.42 Å². The minimum atomic E-state index is -3.52. The summed E-state index contributed by atoms with van der Waals surface area (Å²) in [4.78, 5) is 13.5. The molecule has 0 spiro atoms. The predicted molar refractivity (Wildman–Crippen MR) is 107 cm³/mol. The topological polar surface area (TPSA) is 57.7 Å². The van der Waals surface area contributed by atoms with Gasteiger partial charge >= 0.3 is 0 Å². The summed E-state index contributed by atoms with van der Waals surface area (Å²) in [5.41, 5.74) is 2.22. The maximum Gasteiger partial charge on any atom is 0.242 e. The molecular formula is C21H30N2O3S. The number of hydrogen-bond acceptors (Lipinski definition) is 3. The molecule has 4 saturated carbocycles. The van der Waals surface area contributed by atoms with Crippen LogP contribution in [0, 0.1) is 17.8 Å². The zero-order chi connectivity index (χ0) is 19.4. The molecule has 0 saturated heterocycles. The third-order valence-electron chi connectivity index (χ3n) is 6.98. The van der Waals surface area contributed by atoms with Crippen LogP contribution in [0.25, 0.3) is 0 Å². The first-order chi connectivity index (χ1) is 12.7. The van der Waals surface area contributed by atoms with Crippen LogP contribution in [-0.2, 0) is 20.2 Å². The summed E-state index contributed by atoms with van der Waals surface area (Å²) >= 11 is 0.